The van der Waals surface area contributed by atoms with Gasteiger partial charge in [-0.2, -0.15) is 31.4 Å². The van der Waals surface area contributed by atoms with E-state index in [0.717, 1.165) is 17.0 Å². The van der Waals surface area contributed by atoms with Gasteiger partial charge in [0.05, 0.1) is 33.4 Å². The molecule has 3 aromatic rings. The molecule has 206 valence electrons. The van der Waals surface area contributed by atoms with E-state index < -0.39 is 46.3 Å². The molecule has 2 aromatic carbocycles. The fourth-order valence-electron chi connectivity index (χ4n) is 6.64. The number of hydrogen-bond acceptors (Lipinski definition) is 5. The third kappa shape index (κ3) is 3.87. The lowest BCUT2D eigenvalue weighted by Crippen LogP contribution is -2.77. The van der Waals surface area contributed by atoms with Crippen LogP contribution >= 0.6 is 11.8 Å². The van der Waals surface area contributed by atoms with E-state index in [9.17, 15) is 31.1 Å². The standard InChI is InChI=1S/C26H23F6N5OS/c27-25(28,29)17-2-1-14(18(10-17)26(30,31)32)11-24(16-3-4-19-15(9-16)12-35-36-19)20-13-37(24)7-5-23(20,21(33)38)22-34-6-8-39-22/h1-4,9-10,12,20H,5-8,11,13H2,(H2,33,38)(H,35,36). The number of benzene rings is 2. The highest BCUT2D eigenvalue weighted by molar-refractivity contribution is 8.14. The first-order chi connectivity index (χ1) is 18.4. The van der Waals surface area contributed by atoms with Crippen LogP contribution in [0.2, 0.25) is 0 Å². The quantitative estimate of drug-likeness (QED) is 0.426. The number of amides is 1. The Morgan fingerprint density at radius 3 is 2.56 bits per heavy atom. The van der Waals surface area contributed by atoms with Crippen LogP contribution in [0, 0.1) is 11.3 Å². The van der Waals surface area contributed by atoms with E-state index in [0.29, 0.717) is 48.5 Å². The number of nitrogens with one attached hydrogen (secondary N) is 1. The molecule has 0 saturated carbocycles. The molecule has 4 unspecified atom stereocenters. The molecule has 3 saturated heterocycles. The van der Waals surface area contributed by atoms with Gasteiger partial charge in [-0.05, 0) is 48.2 Å². The van der Waals surface area contributed by atoms with Crippen molar-refractivity contribution in [3.05, 3.63) is 64.8 Å². The van der Waals surface area contributed by atoms with Crippen molar-refractivity contribution in [3.63, 3.8) is 0 Å². The number of primary amides is 1. The molecule has 1 aromatic heterocycles. The van der Waals surface area contributed by atoms with Crippen LogP contribution in [0.3, 0.4) is 0 Å². The Kier molecular flexibility index (Phi) is 5.85. The van der Waals surface area contributed by atoms with Crippen LogP contribution in [-0.2, 0) is 29.1 Å². The van der Waals surface area contributed by atoms with Crippen molar-refractivity contribution < 1.29 is 31.1 Å². The zero-order chi connectivity index (χ0) is 27.8. The van der Waals surface area contributed by atoms with Gasteiger partial charge >= 0.3 is 12.4 Å². The number of carbonyl (C=O) groups is 1. The van der Waals surface area contributed by atoms with Crippen LogP contribution in [0.5, 0.6) is 0 Å². The summed E-state index contributed by atoms with van der Waals surface area (Å²) in [5.74, 6) is -0.447. The van der Waals surface area contributed by atoms with E-state index in [4.69, 9.17) is 5.73 Å². The third-order valence-corrected chi connectivity index (χ3v) is 9.62. The van der Waals surface area contributed by atoms with Gasteiger partial charge in [0.25, 0.3) is 0 Å². The second-order valence-corrected chi connectivity index (χ2v) is 11.3. The summed E-state index contributed by atoms with van der Waals surface area (Å²) in [6.07, 6.45) is -8.26. The number of fused-ring (bicyclic) bond motifs is 3. The van der Waals surface area contributed by atoms with Gasteiger partial charge in [-0.25, -0.2) is 0 Å². The van der Waals surface area contributed by atoms with E-state index in [1.165, 1.54) is 11.8 Å². The summed E-state index contributed by atoms with van der Waals surface area (Å²) in [4.78, 5) is 19.8. The molecular formula is C26H23F6N5OS. The lowest BCUT2D eigenvalue weighted by atomic mass is 9.51. The van der Waals surface area contributed by atoms with Crippen molar-refractivity contribution in [1.29, 1.82) is 0 Å². The molecule has 4 aliphatic rings. The Labute approximate surface area is 223 Å². The highest BCUT2D eigenvalue weighted by Gasteiger charge is 2.69. The SMILES string of the molecule is NC(=O)C1(C2=NCCS2)CCN2CC1C2(Cc1ccc(C(F)(F)F)cc1C(F)(F)F)c1ccc2[nH]ncc2c1. The molecule has 39 heavy (non-hydrogen) atoms. The number of aromatic nitrogens is 2. The van der Waals surface area contributed by atoms with Crippen LogP contribution < -0.4 is 5.73 Å². The van der Waals surface area contributed by atoms with Crippen molar-refractivity contribution in [1.82, 2.24) is 15.1 Å². The van der Waals surface area contributed by atoms with E-state index in [-0.39, 0.29) is 18.1 Å². The molecule has 4 aliphatic heterocycles. The first-order valence-corrected chi connectivity index (χ1v) is 13.3. The number of aliphatic imine (C=N–C) groups is 1. The summed E-state index contributed by atoms with van der Waals surface area (Å²) in [6, 6.07) is 7.12. The van der Waals surface area contributed by atoms with Crippen molar-refractivity contribution in [2.45, 2.75) is 30.7 Å². The number of carbonyl (C=O) groups excluding carboxylic acids is 1. The molecule has 5 heterocycles. The van der Waals surface area contributed by atoms with Gasteiger partial charge in [-0.3, -0.25) is 19.8 Å². The zero-order valence-electron chi connectivity index (χ0n) is 20.4. The second-order valence-electron chi connectivity index (χ2n) is 10.3. The maximum Gasteiger partial charge on any atom is 0.416 e. The monoisotopic (exact) mass is 567 g/mol. The molecule has 6 nitrogen and oxygen atoms in total. The number of hydrogen-bond donors (Lipinski definition) is 2. The van der Waals surface area contributed by atoms with Crippen LogP contribution in [-0.4, -0.2) is 51.4 Å². The highest BCUT2D eigenvalue weighted by Crippen LogP contribution is 2.62. The number of halogens is 6. The number of piperidine rings is 2. The first kappa shape index (κ1) is 26.2. The Hall–Kier alpha value is -3.06. The van der Waals surface area contributed by atoms with E-state index in [2.05, 4.69) is 15.2 Å². The molecule has 7 rings (SSSR count). The largest absolute Gasteiger partial charge is 0.416 e. The van der Waals surface area contributed by atoms with E-state index in [1.54, 1.807) is 18.3 Å². The summed E-state index contributed by atoms with van der Waals surface area (Å²) in [6.45, 7) is 1.27. The summed E-state index contributed by atoms with van der Waals surface area (Å²) in [5, 5.41) is 8.20. The van der Waals surface area contributed by atoms with Gasteiger partial charge in [0.2, 0.25) is 5.91 Å². The summed E-state index contributed by atoms with van der Waals surface area (Å²) >= 11 is 1.43. The van der Waals surface area contributed by atoms with E-state index >= 15 is 0 Å². The van der Waals surface area contributed by atoms with Gasteiger partial charge in [0, 0.05) is 36.7 Å². The predicted molar refractivity (Wildman–Crippen MR) is 134 cm³/mol. The lowest BCUT2D eigenvalue weighted by molar-refractivity contribution is -0.181. The second kappa shape index (κ2) is 8.72. The van der Waals surface area contributed by atoms with Gasteiger partial charge in [0.15, 0.2) is 0 Å². The summed E-state index contributed by atoms with van der Waals surface area (Å²) < 4.78 is 82.8. The Balaban J connectivity index is 1.56. The topological polar surface area (TPSA) is 87.4 Å². The van der Waals surface area contributed by atoms with Gasteiger partial charge in [-0.15, -0.1) is 11.8 Å². The van der Waals surface area contributed by atoms with Crippen LogP contribution in [0.15, 0.2) is 47.6 Å². The maximum absolute atomic E-state index is 14.2. The Morgan fingerprint density at radius 2 is 1.92 bits per heavy atom. The van der Waals surface area contributed by atoms with Crippen LogP contribution in [0.25, 0.3) is 10.9 Å². The molecule has 4 atom stereocenters. The number of alkyl halides is 6. The number of nitrogens with two attached hydrogens (primary N) is 1. The van der Waals surface area contributed by atoms with Crippen LogP contribution in [0.1, 0.15) is 28.7 Å². The highest BCUT2D eigenvalue weighted by atomic mass is 32.2. The van der Waals surface area contributed by atoms with Crippen molar-refractivity contribution in [2.24, 2.45) is 22.1 Å². The summed E-state index contributed by atoms with van der Waals surface area (Å²) in [5.41, 5.74) is 2.11. The molecule has 1 amide bonds. The molecule has 2 bridgehead atoms. The minimum Gasteiger partial charge on any atom is -0.369 e. The molecule has 0 spiro atoms. The smallest absolute Gasteiger partial charge is 0.369 e. The molecule has 3 N–H and O–H groups in total. The molecule has 0 aliphatic carbocycles. The minimum absolute atomic E-state index is 0.171. The van der Waals surface area contributed by atoms with Crippen molar-refractivity contribution >= 4 is 33.6 Å². The number of H-pyrrole nitrogens is 1. The average Bonchev–Trinajstić information content (AvgIpc) is 3.58. The van der Waals surface area contributed by atoms with Crippen molar-refractivity contribution in [3.8, 4) is 0 Å². The predicted octanol–water partition coefficient (Wildman–Crippen LogP) is 4.99. The van der Waals surface area contributed by atoms with Gasteiger partial charge < -0.3 is 5.73 Å². The fourth-order valence-corrected chi connectivity index (χ4v) is 7.80. The number of thioether (sulfide) groups is 1. The third-order valence-electron chi connectivity index (χ3n) is 8.46. The summed E-state index contributed by atoms with van der Waals surface area (Å²) in [7, 11) is 0. The number of nitrogens with zero attached hydrogens (tertiary/aromatic N) is 3. The lowest BCUT2D eigenvalue weighted by Gasteiger charge is -2.68. The zero-order valence-corrected chi connectivity index (χ0v) is 21.2. The number of aromatic amines is 1. The van der Waals surface area contributed by atoms with Gasteiger partial charge in [-0.1, -0.05) is 12.1 Å². The molecule has 3 fully saturated rings. The molecular weight excluding hydrogens is 544 g/mol. The normalized spacial score (nSPS) is 28.8. The Morgan fingerprint density at radius 1 is 1.13 bits per heavy atom. The van der Waals surface area contributed by atoms with E-state index in [1.807, 2.05) is 11.0 Å². The fraction of sp³-hybridized carbons (Fsp3) is 0.423. The minimum atomic E-state index is -5.02. The van der Waals surface area contributed by atoms with Crippen LogP contribution in [0.4, 0.5) is 26.3 Å². The first-order valence-electron chi connectivity index (χ1n) is 12.3. The maximum atomic E-state index is 14.2. The Bertz CT molecular complexity index is 1500. The van der Waals surface area contributed by atoms with Crippen molar-refractivity contribution in [2.75, 3.05) is 25.4 Å². The molecule has 13 heteroatoms. The average molecular weight is 568 g/mol. The molecule has 0 radical (unpaired) electrons. The van der Waals surface area contributed by atoms with Gasteiger partial charge in [0.1, 0.15) is 5.41 Å². The number of rotatable bonds is 5.